The predicted octanol–water partition coefficient (Wildman–Crippen LogP) is 2.14. The molecule has 0 fully saturated rings. The van der Waals surface area contributed by atoms with Crippen molar-refractivity contribution in [3.05, 3.63) is 11.5 Å². The zero-order valence-electron chi connectivity index (χ0n) is 9.59. The molecule has 0 aromatic carbocycles. The van der Waals surface area contributed by atoms with Crippen LogP contribution in [-0.4, -0.2) is 23.1 Å². The Morgan fingerprint density at radius 1 is 1.13 bits per heavy atom. The van der Waals surface area contributed by atoms with Gasteiger partial charge in [0.05, 0.1) is 11.4 Å². The maximum atomic E-state index is 4.51. The second kappa shape index (κ2) is 4.04. The molecule has 1 aromatic rings. The first-order valence-corrected chi connectivity index (χ1v) is 5.54. The summed E-state index contributed by atoms with van der Waals surface area (Å²) in [6.07, 6.45) is 1.12. The standard InChI is InChI=1S/C11H18N4/c1-7(2)9-10-11(15-8(3)14-9)13-6-4-5-12-10/h7,12H,4-6H2,1-3H3,(H,13,14,15). The van der Waals surface area contributed by atoms with E-state index in [0.717, 1.165) is 42.5 Å². The van der Waals surface area contributed by atoms with Gasteiger partial charge in [0.2, 0.25) is 0 Å². The van der Waals surface area contributed by atoms with Crippen LogP contribution in [0.15, 0.2) is 0 Å². The fourth-order valence-electron chi connectivity index (χ4n) is 1.82. The van der Waals surface area contributed by atoms with E-state index in [1.807, 2.05) is 6.92 Å². The van der Waals surface area contributed by atoms with E-state index in [9.17, 15) is 0 Å². The lowest BCUT2D eigenvalue weighted by atomic mass is 10.1. The average molecular weight is 206 g/mol. The van der Waals surface area contributed by atoms with Gasteiger partial charge in [0.1, 0.15) is 5.82 Å². The molecule has 2 heterocycles. The number of fused-ring (bicyclic) bond motifs is 1. The monoisotopic (exact) mass is 206 g/mol. The van der Waals surface area contributed by atoms with Crippen molar-refractivity contribution in [1.82, 2.24) is 9.97 Å². The van der Waals surface area contributed by atoms with E-state index in [1.165, 1.54) is 0 Å². The number of rotatable bonds is 1. The highest BCUT2D eigenvalue weighted by Crippen LogP contribution is 2.29. The van der Waals surface area contributed by atoms with Crippen molar-refractivity contribution < 1.29 is 0 Å². The minimum absolute atomic E-state index is 0.424. The first-order chi connectivity index (χ1) is 7.18. The molecule has 2 N–H and O–H groups in total. The molecule has 0 amide bonds. The number of aryl methyl sites for hydroxylation is 1. The van der Waals surface area contributed by atoms with Crippen LogP contribution in [0.5, 0.6) is 0 Å². The van der Waals surface area contributed by atoms with Gasteiger partial charge in [0, 0.05) is 13.1 Å². The van der Waals surface area contributed by atoms with Crippen LogP contribution in [0.25, 0.3) is 0 Å². The van der Waals surface area contributed by atoms with E-state index in [0.29, 0.717) is 5.92 Å². The predicted molar refractivity (Wildman–Crippen MR) is 62.5 cm³/mol. The Morgan fingerprint density at radius 2 is 1.87 bits per heavy atom. The summed E-state index contributed by atoms with van der Waals surface area (Å²) in [5.74, 6) is 2.23. The second-order valence-electron chi connectivity index (χ2n) is 4.24. The van der Waals surface area contributed by atoms with Gasteiger partial charge in [-0.3, -0.25) is 0 Å². The normalized spacial score (nSPS) is 15.2. The number of anilines is 2. The number of nitrogens with zero attached hydrogens (tertiary/aromatic N) is 2. The summed E-state index contributed by atoms with van der Waals surface area (Å²) in [6, 6.07) is 0. The molecule has 2 rings (SSSR count). The highest BCUT2D eigenvalue weighted by atomic mass is 15.1. The van der Waals surface area contributed by atoms with Crippen molar-refractivity contribution in [2.45, 2.75) is 33.1 Å². The third-order valence-corrected chi connectivity index (χ3v) is 2.54. The largest absolute Gasteiger partial charge is 0.380 e. The van der Waals surface area contributed by atoms with Crippen LogP contribution in [-0.2, 0) is 0 Å². The van der Waals surface area contributed by atoms with E-state index < -0.39 is 0 Å². The lowest BCUT2D eigenvalue weighted by molar-refractivity contribution is 0.804. The molecule has 0 spiro atoms. The van der Waals surface area contributed by atoms with Crippen molar-refractivity contribution in [3.8, 4) is 0 Å². The van der Waals surface area contributed by atoms with E-state index in [2.05, 4.69) is 34.4 Å². The van der Waals surface area contributed by atoms with E-state index in [-0.39, 0.29) is 0 Å². The Bertz CT molecular complexity index is 360. The average Bonchev–Trinajstić information content (AvgIpc) is 2.41. The number of nitrogens with one attached hydrogen (secondary N) is 2. The van der Waals surface area contributed by atoms with Crippen LogP contribution in [0.3, 0.4) is 0 Å². The molecule has 0 atom stereocenters. The summed E-state index contributed by atoms with van der Waals surface area (Å²) in [5, 5.41) is 6.76. The summed E-state index contributed by atoms with van der Waals surface area (Å²) < 4.78 is 0. The summed E-state index contributed by atoms with van der Waals surface area (Å²) in [4.78, 5) is 8.95. The highest BCUT2D eigenvalue weighted by Gasteiger charge is 2.16. The van der Waals surface area contributed by atoms with Gasteiger partial charge in [-0.15, -0.1) is 0 Å². The second-order valence-corrected chi connectivity index (χ2v) is 4.24. The number of hydrogen-bond donors (Lipinski definition) is 2. The van der Waals surface area contributed by atoms with Crippen LogP contribution >= 0.6 is 0 Å². The molecule has 0 unspecified atom stereocenters. The van der Waals surface area contributed by atoms with E-state index in [4.69, 9.17) is 0 Å². The molecule has 1 aromatic heterocycles. The molecule has 0 saturated heterocycles. The lowest BCUT2D eigenvalue weighted by Crippen LogP contribution is -2.08. The minimum Gasteiger partial charge on any atom is -0.380 e. The molecular formula is C11H18N4. The third-order valence-electron chi connectivity index (χ3n) is 2.54. The molecule has 1 aliphatic heterocycles. The maximum absolute atomic E-state index is 4.51. The Kier molecular flexibility index (Phi) is 2.75. The molecule has 0 bridgehead atoms. The van der Waals surface area contributed by atoms with Gasteiger partial charge in [-0.05, 0) is 19.3 Å². The molecule has 4 heteroatoms. The van der Waals surface area contributed by atoms with Gasteiger partial charge >= 0.3 is 0 Å². The van der Waals surface area contributed by atoms with Gasteiger partial charge < -0.3 is 10.6 Å². The zero-order valence-corrected chi connectivity index (χ0v) is 9.59. The van der Waals surface area contributed by atoms with Gasteiger partial charge in [0.15, 0.2) is 5.82 Å². The topological polar surface area (TPSA) is 49.8 Å². The van der Waals surface area contributed by atoms with Crippen molar-refractivity contribution in [2.75, 3.05) is 23.7 Å². The molecule has 1 aliphatic rings. The zero-order chi connectivity index (χ0) is 10.8. The fourth-order valence-corrected chi connectivity index (χ4v) is 1.82. The highest BCUT2D eigenvalue weighted by molar-refractivity contribution is 5.68. The molecule has 0 saturated carbocycles. The van der Waals surface area contributed by atoms with Crippen molar-refractivity contribution >= 4 is 11.5 Å². The Labute approximate surface area is 90.5 Å². The smallest absolute Gasteiger partial charge is 0.153 e. The minimum atomic E-state index is 0.424. The Morgan fingerprint density at radius 3 is 2.60 bits per heavy atom. The Hall–Kier alpha value is -1.32. The molecule has 0 radical (unpaired) electrons. The van der Waals surface area contributed by atoms with Crippen LogP contribution < -0.4 is 10.6 Å². The van der Waals surface area contributed by atoms with Gasteiger partial charge in [-0.25, -0.2) is 9.97 Å². The lowest BCUT2D eigenvalue weighted by Gasteiger charge is -2.15. The summed E-state index contributed by atoms with van der Waals surface area (Å²) in [6.45, 7) is 8.24. The van der Waals surface area contributed by atoms with Gasteiger partial charge in [0.25, 0.3) is 0 Å². The third kappa shape index (κ3) is 2.03. The van der Waals surface area contributed by atoms with E-state index in [1.54, 1.807) is 0 Å². The van der Waals surface area contributed by atoms with E-state index >= 15 is 0 Å². The maximum Gasteiger partial charge on any atom is 0.153 e. The molecule has 15 heavy (non-hydrogen) atoms. The molecular weight excluding hydrogens is 188 g/mol. The Balaban J connectivity index is 2.50. The quantitative estimate of drug-likeness (QED) is 0.739. The fraction of sp³-hybridized carbons (Fsp3) is 0.636. The molecule has 4 nitrogen and oxygen atoms in total. The molecule has 0 aliphatic carbocycles. The number of aromatic nitrogens is 2. The first kappa shape index (κ1) is 10.2. The van der Waals surface area contributed by atoms with Gasteiger partial charge in [-0.2, -0.15) is 0 Å². The van der Waals surface area contributed by atoms with Crippen molar-refractivity contribution in [2.24, 2.45) is 0 Å². The van der Waals surface area contributed by atoms with Crippen LogP contribution in [0.2, 0.25) is 0 Å². The van der Waals surface area contributed by atoms with Crippen molar-refractivity contribution in [1.29, 1.82) is 0 Å². The summed E-state index contributed by atoms with van der Waals surface area (Å²) >= 11 is 0. The first-order valence-electron chi connectivity index (χ1n) is 5.54. The van der Waals surface area contributed by atoms with Crippen LogP contribution in [0, 0.1) is 6.92 Å². The van der Waals surface area contributed by atoms with Crippen LogP contribution in [0.1, 0.15) is 37.7 Å². The number of hydrogen-bond acceptors (Lipinski definition) is 4. The summed E-state index contributed by atoms with van der Waals surface area (Å²) in [5.41, 5.74) is 2.21. The SMILES string of the molecule is Cc1nc2c(c(C(C)C)n1)NCCCN2. The molecule has 82 valence electrons. The summed E-state index contributed by atoms with van der Waals surface area (Å²) in [7, 11) is 0. The van der Waals surface area contributed by atoms with Crippen molar-refractivity contribution in [3.63, 3.8) is 0 Å². The van der Waals surface area contributed by atoms with Crippen LogP contribution in [0.4, 0.5) is 11.5 Å². The van der Waals surface area contributed by atoms with Gasteiger partial charge in [-0.1, -0.05) is 13.8 Å².